The molecule has 2 bridgehead atoms. The van der Waals surface area contributed by atoms with Crippen molar-refractivity contribution in [3.8, 4) is 16.9 Å². The fourth-order valence-corrected chi connectivity index (χ4v) is 14.9. The third-order valence-electron chi connectivity index (χ3n) is 15.3. The second kappa shape index (κ2) is 14.0. The van der Waals surface area contributed by atoms with Crippen molar-refractivity contribution in [3.63, 3.8) is 0 Å². The number of hydrogen-bond donors (Lipinski definition) is 2. The smallest absolute Gasteiger partial charge is 0.406 e. The molecule has 8 unspecified atom stereocenters. The van der Waals surface area contributed by atoms with Crippen LogP contribution in [-0.4, -0.2) is 53.3 Å². The lowest BCUT2D eigenvalue weighted by molar-refractivity contribution is -0.274. The number of rotatable bonds is 10. The molecule has 7 nitrogen and oxygen atoms in total. The van der Waals surface area contributed by atoms with Gasteiger partial charge >= 0.3 is 6.36 Å². The van der Waals surface area contributed by atoms with Gasteiger partial charge in [0.05, 0.1) is 11.7 Å². The van der Waals surface area contributed by atoms with Crippen LogP contribution in [0.2, 0.25) is 0 Å². The molecule has 310 valence electrons. The normalized spacial score (nSPS) is 33.6. The summed E-state index contributed by atoms with van der Waals surface area (Å²) in [7, 11) is -4.16. The van der Waals surface area contributed by atoms with E-state index in [2.05, 4.69) is 36.8 Å². The van der Waals surface area contributed by atoms with E-state index < -0.39 is 50.1 Å². The van der Waals surface area contributed by atoms with Crippen LogP contribution in [0.25, 0.3) is 11.1 Å². The number of aliphatic hydroxyl groups is 2. The lowest BCUT2D eigenvalue weighted by atomic mass is 9.32. The zero-order valence-electron chi connectivity index (χ0n) is 33.0. The highest BCUT2D eigenvalue weighted by molar-refractivity contribution is 7.91. The van der Waals surface area contributed by atoms with Crippen LogP contribution in [0.4, 0.5) is 13.2 Å². The van der Waals surface area contributed by atoms with E-state index in [1.165, 1.54) is 22.5 Å². The van der Waals surface area contributed by atoms with Gasteiger partial charge in [0.2, 0.25) is 0 Å². The molecule has 0 aliphatic heterocycles. The molecule has 12 heteroatoms. The van der Waals surface area contributed by atoms with Gasteiger partial charge in [0.15, 0.2) is 5.78 Å². The summed E-state index contributed by atoms with van der Waals surface area (Å²) in [6.07, 6.45) is 5.41. The average molecular weight is 844 g/mol. The predicted molar refractivity (Wildman–Crippen MR) is 220 cm³/mol. The number of carbonyl (C=O) groups excluding carboxylic acids is 1. The van der Waals surface area contributed by atoms with Gasteiger partial charge in [-0.1, -0.05) is 105 Å². The van der Waals surface area contributed by atoms with Crippen LogP contribution in [0.5, 0.6) is 5.75 Å². The van der Waals surface area contributed by atoms with Gasteiger partial charge in [-0.15, -0.1) is 24.5 Å². The molecule has 1 heterocycles. The molecule has 6 aliphatic rings. The Morgan fingerprint density at radius 1 is 0.847 bits per heavy atom. The maximum Gasteiger partial charge on any atom is 0.573 e. The number of sulfonamides is 1. The van der Waals surface area contributed by atoms with Gasteiger partial charge in [0.25, 0.3) is 10.0 Å². The molecule has 59 heavy (non-hydrogen) atoms. The fraction of sp³-hybridized carbons (Fsp3) is 0.426. The minimum absolute atomic E-state index is 0.0452. The van der Waals surface area contributed by atoms with Crippen LogP contribution in [-0.2, 0) is 16.6 Å². The summed E-state index contributed by atoms with van der Waals surface area (Å²) >= 11 is 1.06. The Labute approximate surface area is 347 Å². The maximum absolute atomic E-state index is 15.2. The topological polar surface area (TPSA) is 104 Å². The number of ketones is 1. The van der Waals surface area contributed by atoms with Crippen molar-refractivity contribution in [1.29, 1.82) is 0 Å². The number of benzene rings is 3. The average Bonchev–Trinajstić information content (AvgIpc) is 3.85. The molecule has 0 radical (unpaired) electrons. The first-order valence-corrected chi connectivity index (χ1v) is 22.7. The van der Waals surface area contributed by atoms with Gasteiger partial charge < -0.3 is 14.9 Å². The van der Waals surface area contributed by atoms with Gasteiger partial charge in [-0.2, -0.15) is 4.31 Å². The van der Waals surface area contributed by atoms with E-state index >= 15 is 4.79 Å². The Hall–Kier alpha value is -4.07. The molecule has 8 atom stereocenters. The number of alkyl halides is 3. The summed E-state index contributed by atoms with van der Waals surface area (Å²) in [5, 5.41) is 25.9. The Bertz CT molecular complexity index is 2420. The highest BCUT2D eigenvalue weighted by Gasteiger charge is 2.74. The first-order valence-electron chi connectivity index (χ1n) is 20.4. The lowest BCUT2D eigenvalue weighted by Crippen LogP contribution is -2.67. The summed E-state index contributed by atoms with van der Waals surface area (Å²) in [6, 6.07) is 26.0. The molecule has 3 aromatic carbocycles. The van der Waals surface area contributed by atoms with Crippen LogP contribution in [0.1, 0.15) is 74.7 Å². The van der Waals surface area contributed by atoms with Gasteiger partial charge in [-0.3, -0.25) is 4.79 Å². The monoisotopic (exact) mass is 843 g/mol. The van der Waals surface area contributed by atoms with Crippen LogP contribution < -0.4 is 4.74 Å². The minimum atomic E-state index is -4.87. The molecule has 6 aliphatic carbocycles. The second-order valence-corrected chi connectivity index (χ2v) is 21.1. The van der Waals surface area contributed by atoms with Crippen LogP contribution in [0.15, 0.2) is 124 Å². The molecule has 3 fully saturated rings. The number of aliphatic hydroxyl groups excluding tert-OH is 1. The van der Waals surface area contributed by atoms with Crippen molar-refractivity contribution in [2.75, 3.05) is 6.54 Å². The number of halogens is 3. The van der Waals surface area contributed by atoms with E-state index in [4.69, 9.17) is 0 Å². The SMILES string of the molecule is CC12CCC(O)CC13C=CC1(C(C(=O)c4ccc(-c5ccccc5)cc4)=C3)C2CCC2(C)C1CCC2(O)CN(Cc1ccc(OC(F)(F)F)cc1)S(=O)(=O)c1cccs1. The van der Waals surface area contributed by atoms with Gasteiger partial charge in [0.1, 0.15) is 9.96 Å². The number of Topliss-reactive ketones (excluding diaryl/α,β-unsaturated/α-hetero) is 1. The van der Waals surface area contributed by atoms with E-state index in [1.807, 2.05) is 54.6 Å². The summed E-state index contributed by atoms with van der Waals surface area (Å²) in [4.78, 5) is 15.2. The van der Waals surface area contributed by atoms with Crippen LogP contribution >= 0.6 is 11.3 Å². The van der Waals surface area contributed by atoms with Gasteiger partial charge in [-0.25, -0.2) is 8.42 Å². The largest absolute Gasteiger partial charge is 0.573 e. The third-order valence-corrected chi connectivity index (χ3v) is 18.4. The highest BCUT2D eigenvalue weighted by Crippen LogP contribution is 2.78. The molecule has 2 spiro atoms. The molecule has 10 rings (SSSR count). The number of nitrogens with zero attached hydrogens (tertiary/aromatic N) is 1. The van der Waals surface area contributed by atoms with Crippen molar-refractivity contribution in [1.82, 2.24) is 4.31 Å². The molecule has 2 N–H and O–H groups in total. The molecule has 0 amide bonds. The zero-order chi connectivity index (χ0) is 41.6. The van der Waals surface area contributed by atoms with Crippen molar-refractivity contribution in [3.05, 3.63) is 131 Å². The summed E-state index contributed by atoms with van der Waals surface area (Å²) in [6.45, 7) is 3.95. The van der Waals surface area contributed by atoms with Crippen molar-refractivity contribution < 1.29 is 41.3 Å². The minimum Gasteiger partial charge on any atom is -0.406 e. The van der Waals surface area contributed by atoms with Crippen molar-refractivity contribution in [2.24, 2.45) is 33.5 Å². The van der Waals surface area contributed by atoms with E-state index in [0.717, 1.165) is 41.0 Å². The Balaban J connectivity index is 1.10. The van der Waals surface area contributed by atoms with E-state index in [-0.39, 0.29) is 40.3 Å². The van der Waals surface area contributed by atoms with E-state index in [1.54, 1.807) is 11.4 Å². The number of fused-ring (bicyclic) bond motifs is 1. The predicted octanol–water partition coefficient (Wildman–Crippen LogP) is 9.98. The first kappa shape index (κ1) is 40.3. The summed E-state index contributed by atoms with van der Waals surface area (Å²) < 4.78 is 73.0. The second-order valence-electron chi connectivity index (χ2n) is 18.0. The molecule has 1 aromatic heterocycles. The van der Waals surface area contributed by atoms with Gasteiger partial charge in [0, 0.05) is 40.5 Å². The number of allylic oxidation sites excluding steroid dienone is 4. The van der Waals surface area contributed by atoms with Crippen LogP contribution in [0.3, 0.4) is 0 Å². The quantitative estimate of drug-likeness (QED) is 0.122. The Morgan fingerprint density at radius 3 is 2.19 bits per heavy atom. The number of carbonyl (C=O) groups is 1. The highest BCUT2D eigenvalue weighted by atomic mass is 32.2. The molecule has 3 saturated carbocycles. The van der Waals surface area contributed by atoms with Crippen molar-refractivity contribution in [2.45, 2.75) is 87.6 Å². The first-order chi connectivity index (χ1) is 27.9. The molecule has 0 saturated heterocycles. The third kappa shape index (κ3) is 6.30. The van der Waals surface area contributed by atoms with Crippen molar-refractivity contribution >= 4 is 27.1 Å². The van der Waals surface area contributed by atoms with Crippen LogP contribution in [0, 0.1) is 33.5 Å². The zero-order valence-corrected chi connectivity index (χ0v) is 34.6. The maximum atomic E-state index is 15.2. The molecular formula is C47H48F3NO6S2. The van der Waals surface area contributed by atoms with Gasteiger partial charge in [-0.05, 0) is 102 Å². The summed E-state index contributed by atoms with van der Waals surface area (Å²) in [5.41, 5.74) is -0.114. The van der Waals surface area contributed by atoms with E-state index in [9.17, 15) is 31.8 Å². The number of hydrogen-bond acceptors (Lipinski definition) is 7. The summed E-state index contributed by atoms with van der Waals surface area (Å²) in [5.74, 6) is -0.664. The Morgan fingerprint density at radius 2 is 1.51 bits per heavy atom. The Kier molecular flexibility index (Phi) is 9.56. The molecule has 4 aromatic rings. The standard InChI is InChI=1S/C47H48F3NO6S2/c1-42-21-18-35(52)27-44(42)24-25-46(37(28-44)41(53)34-14-12-33(13-15-34)32-7-4-3-5-8-32)38(42)19-22-43(2)39(46)20-23-45(43,54)30-51(59(55,56)40-9-6-26-58-40)29-31-10-16-36(17-11-31)57-47(48,49)50/h3-17,24-26,28,35,38-39,52,54H,18-23,27,29-30H2,1-2H3. The number of thiophene rings is 1. The lowest BCUT2D eigenvalue weighted by Gasteiger charge is -2.71. The van der Waals surface area contributed by atoms with E-state index in [0.29, 0.717) is 55.2 Å². The molecular weight excluding hydrogens is 796 g/mol. The number of ether oxygens (including phenoxy) is 1. The fourth-order valence-electron chi connectivity index (χ4n) is 12.3.